The minimum absolute atomic E-state index is 0.226. The van der Waals surface area contributed by atoms with Gasteiger partial charge in [0.15, 0.2) is 0 Å². The first-order valence-corrected chi connectivity index (χ1v) is 10.5. The largest absolute Gasteiger partial charge is 0.339 e. The number of thiazole rings is 1. The number of aromatic nitrogens is 1. The van der Waals surface area contributed by atoms with Gasteiger partial charge in [-0.15, -0.1) is 11.3 Å². The van der Waals surface area contributed by atoms with E-state index in [4.69, 9.17) is 11.6 Å². The summed E-state index contributed by atoms with van der Waals surface area (Å²) in [4.78, 5) is 19.8. The molecule has 2 aromatic rings. The van der Waals surface area contributed by atoms with Crippen LogP contribution in [-0.2, 0) is 11.2 Å². The minimum atomic E-state index is 0.226. The fourth-order valence-corrected chi connectivity index (χ4v) is 6.07. The van der Waals surface area contributed by atoms with E-state index in [-0.39, 0.29) is 11.3 Å². The van der Waals surface area contributed by atoms with Gasteiger partial charge in [0, 0.05) is 28.6 Å². The predicted molar refractivity (Wildman–Crippen MR) is 108 cm³/mol. The maximum Gasteiger partial charge on any atom is 0.228 e. The summed E-state index contributed by atoms with van der Waals surface area (Å²) in [5, 5.41) is 3.67. The monoisotopic (exact) mass is 388 g/mol. The smallest absolute Gasteiger partial charge is 0.228 e. The van der Waals surface area contributed by atoms with E-state index in [1.54, 1.807) is 11.3 Å². The second-order valence-electron chi connectivity index (χ2n) is 9.06. The van der Waals surface area contributed by atoms with Crippen molar-refractivity contribution < 1.29 is 4.79 Å². The van der Waals surface area contributed by atoms with Crippen molar-refractivity contribution >= 4 is 28.8 Å². The number of benzene rings is 1. The van der Waals surface area contributed by atoms with E-state index in [0.29, 0.717) is 17.9 Å². The maximum atomic E-state index is 13.0. The Morgan fingerprint density at radius 3 is 2.73 bits per heavy atom. The normalized spacial score (nSPS) is 26.9. The molecule has 2 heterocycles. The number of likely N-dealkylation sites (tertiary alicyclic amines) is 1. The summed E-state index contributed by atoms with van der Waals surface area (Å²) in [7, 11) is 0. The molecule has 26 heavy (non-hydrogen) atoms. The van der Waals surface area contributed by atoms with E-state index in [1.165, 1.54) is 6.42 Å². The molecule has 2 bridgehead atoms. The zero-order valence-corrected chi connectivity index (χ0v) is 17.2. The summed E-state index contributed by atoms with van der Waals surface area (Å²) in [5.74, 6) is 0.226. The van der Waals surface area contributed by atoms with Crippen LogP contribution >= 0.6 is 22.9 Å². The van der Waals surface area contributed by atoms with Gasteiger partial charge in [0.05, 0.1) is 12.1 Å². The molecule has 2 fully saturated rings. The number of amides is 1. The Morgan fingerprint density at radius 1 is 1.27 bits per heavy atom. The van der Waals surface area contributed by atoms with E-state index < -0.39 is 0 Å². The van der Waals surface area contributed by atoms with Gasteiger partial charge in [-0.05, 0) is 42.2 Å². The molecule has 1 aromatic carbocycles. The lowest BCUT2D eigenvalue weighted by molar-refractivity contribution is -0.131. The van der Waals surface area contributed by atoms with Crippen molar-refractivity contribution in [2.45, 2.75) is 52.5 Å². The molecule has 1 saturated heterocycles. The molecule has 2 unspecified atom stereocenters. The number of carbonyl (C=O) groups is 1. The zero-order chi connectivity index (χ0) is 18.5. The lowest BCUT2D eigenvalue weighted by Gasteiger charge is -2.39. The highest BCUT2D eigenvalue weighted by atomic mass is 35.5. The van der Waals surface area contributed by atoms with E-state index in [9.17, 15) is 4.79 Å². The molecule has 1 saturated carbocycles. The fourth-order valence-electron chi connectivity index (χ4n) is 5.12. The summed E-state index contributed by atoms with van der Waals surface area (Å²) in [6.07, 6.45) is 3.87. The molecule has 5 heteroatoms. The molecule has 0 N–H and O–H groups in total. The van der Waals surface area contributed by atoms with Crippen molar-refractivity contribution in [2.75, 3.05) is 6.54 Å². The van der Waals surface area contributed by atoms with Crippen LogP contribution in [0.3, 0.4) is 0 Å². The zero-order valence-electron chi connectivity index (χ0n) is 15.6. The molecule has 2 atom stereocenters. The Balaban J connectivity index is 1.47. The summed E-state index contributed by atoms with van der Waals surface area (Å²) in [6, 6.07) is 8.08. The lowest BCUT2D eigenvalue weighted by atomic mass is 9.65. The SMILES string of the molecule is CC1(C)CC2CC(C)(CN2C(=O)Cc2csc(-c3ccc(Cl)cc3)n2)C1. The van der Waals surface area contributed by atoms with Crippen molar-refractivity contribution in [3.63, 3.8) is 0 Å². The van der Waals surface area contributed by atoms with Crippen LogP contribution in [0.15, 0.2) is 29.6 Å². The first kappa shape index (κ1) is 18.0. The van der Waals surface area contributed by atoms with Gasteiger partial charge in [-0.25, -0.2) is 4.98 Å². The summed E-state index contributed by atoms with van der Waals surface area (Å²) in [6.45, 7) is 7.91. The second kappa shape index (κ2) is 6.35. The number of halogens is 1. The Morgan fingerprint density at radius 2 is 2.00 bits per heavy atom. The standard InChI is InChI=1S/C21H25ClN2OS/c1-20(2)9-17-10-21(3,12-20)13-24(17)18(25)8-16-11-26-19(23-16)14-4-6-15(22)7-5-14/h4-7,11,17H,8-10,12-13H2,1-3H3. The molecular weight excluding hydrogens is 364 g/mol. The number of hydrogen-bond donors (Lipinski definition) is 0. The minimum Gasteiger partial charge on any atom is -0.339 e. The molecule has 1 aliphatic heterocycles. The van der Waals surface area contributed by atoms with Crippen LogP contribution in [0.5, 0.6) is 0 Å². The molecule has 3 nitrogen and oxygen atoms in total. The molecule has 138 valence electrons. The third-order valence-corrected chi connectivity index (χ3v) is 6.90. The van der Waals surface area contributed by atoms with Gasteiger partial charge < -0.3 is 4.90 Å². The Labute approximate surface area is 164 Å². The van der Waals surface area contributed by atoms with Crippen LogP contribution in [0.1, 0.15) is 45.7 Å². The Kier molecular flexibility index (Phi) is 4.39. The van der Waals surface area contributed by atoms with Crippen LogP contribution in [0.25, 0.3) is 10.6 Å². The third-order valence-electron chi connectivity index (χ3n) is 5.71. The predicted octanol–water partition coefficient (Wildman–Crippen LogP) is 5.43. The van der Waals surface area contributed by atoms with Gasteiger partial charge in [0.2, 0.25) is 5.91 Å². The summed E-state index contributed by atoms with van der Waals surface area (Å²) < 4.78 is 0. The number of rotatable bonds is 3. The molecule has 1 aliphatic carbocycles. The Hall–Kier alpha value is -1.39. The van der Waals surface area contributed by atoms with Gasteiger partial charge in [-0.2, -0.15) is 0 Å². The quantitative estimate of drug-likeness (QED) is 0.702. The highest BCUT2D eigenvalue weighted by Gasteiger charge is 2.50. The van der Waals surface area contributed by atoms with E-state index in [0.717, 1.165) is 40.7 Å². The van der Waals surface area contributed by atoms with E-state index in [2.05, 4.69) is 30.7 Å². The highest BCUT2D eigenvalue weighted by Crippen LogP contribution is 2.52. The van der Waals surface area contributed by atoms with Crippen molar-refractivity contribution in [3.8, 4) is 10.6 Å². The number of carbonyl (C=O) groups excluding carboxylic acids is 1. The van der Waals surface area contributed by atoms with Gasteiger partial charge in [0.1, 0.15) is 5.01 Å². The van der Waals surface area contributed by atoms with Gasteiger partial charge in [-0.3, -0.25) is 4.79 Å². The van der Waals surface area contributed by atoms with Gasteiger partial charge in [0.25, 0.3) is 0 Å². The van der Waals surface area contributed by atoms with Crippen molar-refractivity contribution in [1.82, 2.24) is 9.88 Å². The van der Waals surface area contributed by atoms with Crippen molar-refractivity contribution in [1.29, 1.82) is 0 Å². The van der Waals surface area contributed by atoms with Crippen LogP contribution in [-0.4, -0.2) is 28.4 Å². The van der Waals surface area contributed by atoms with E-state index in [1.807, 2.05) is 29.6 Å². The first-order valence-electron chi connectivity index (χ1n) is 9.23. The second-order valence-corrected chi connectivity index (χ2v) is 10.4. The van der Waals surface area contributed by atoms with Crippen molar-refractivity contribution in [2.24, 2.45) is 10.8 Å². The fraction of sp³-hybridized carbons (Fsp3) is 0.524. The topological polar surface area (TPSA) is 33.2 Å². The molecular formula is C21H25ClN2OS. The number of hydrogen-bond acceptors (Lipinski definition) is 3. The van der Waals surface area contributed by atoms with Crippen LogP contribution in [0, 0.1) is 10.8 Å². The molecule has 1 amide bonds. The molecule has 1 aromatic heterocycles. The average molecular weight is 389 g/mol. The molecule has 0 spiro atoms. The van der Waals surface area contributed by atoms with Crippen LogP contribution < -0.4 is 0 Å². The molecule has 0 radical (unpaired) electrons. The van der Waals surface area contributed by atoms with Crippen LogP contribution in [0.2, 0.25) is 5.02 Å². The third kappa shape index (κ3) is 3.54. The average Bonchev–Trinajstić information content (AvgIpc) is 3.09. The molecule has 2 aliphatic rings. The maximum absolute atomic E-state index is 13.0. The van der Waals surface area contributed by atoms with Crippen molar-refractivity contribution in [3.05, 3.63) is 40.4 Å². The van der Waals surface area contributed by atoms with Gasteiger partial charge in [-0.1, -0.05) is 44.5 Å². The number of fused-ring (bicyclic) bond motifs is 2. The van der Waals surface area contributed by atoms with E-state index >= 15 is 0 Å². The van der Waals surface area contributed by atoms with Gasteiger partial charge >= 0.3 is 0 Å². The van der Waals surface area contributed by atoms with Crippen LogP contribution in [0.4, 0.5) is 0 Å². The molecule has 4 rings (SSSR count). The highest BCUT2D eigenvalue weighted by molar-refractivity contribution is 7.13. The Bertz CT molecular complexity index is 829. The first-order chi connectivity index (χ1) is 12.2. The lowest BCUT2D eigenvalue weighted by Crippen LogP contribution is -2.38. The summed E-state index contributed by atoms with van der Waals surface area (Å²) in [5.41, 5.74) is 2.52. The number of nitrogens with zero attached hydrogens (tertiary/aromatic N) is 2. The summed E-state index contributed by atoms with van der Waals surface area (Å²) >= 11 is 7.54.